The van der Waals surface area contributed by atoms with Gasteiger partial charge in [0.25, 0.3) is 0 Å². The predicted octanol–water partition coefficient (Wildman–Crippen LogP) is 18.4. The normalized spacial score (nSPS) is 12.5. The maximum atomic E-state index is 12.8. The molecule has 1 unspecified atom stereocenters. The number of hydrogen-bond donors (Lipinski definition) is 0. The van der Waals surface area contributed by atoms with Gasteiger partial charge in [-0.2, -0.15) is 0 Å². The average Bonchev–Trinajstić information content (AvgIpc) is 3.30. The molecule has 65 heavy (non-hydrogen) atoms. The fourth-order valence-electron chi connectivity index (χ4n) is 7.89. The molecule has 0 N–H and O–H groups in total. The van der Waals surface area contributed by atoms with Crippen LogP contribution in [0.15, 0.2) is 60.8 Å². The summed E-state index contributed by atoms with van der Waals surface area (Å²) in [6.07, 6.45) is 66.3. The summed E-state index contributed by atoms with van der Waals surface area (Å²) >= 11 is 0. The summed E-state index contributed by atoms with van der Waals surface area (Å²) in [6, 6.07) is 0. The van der Waals surface area contributed by atoms with Crippen molar-refractivity contribution in [1.82, 2.24) is 0 Å². The van der Waals surface area contributed by atoms with Crippen molar-refractivity contribution in [3.63, 3.8) is 0 Å². The third kappa shape index (κ3) is 51.9. The van der Waals surface area contributed by atoms with Crippen molar-refractivity contribution in [1.29, 1.82) is 0 Å². The van der Waals surface area contributed by atoms with E-state index in [-0.39, 0.29) is 31.1 Å². The van der Waals surface area contributed by atoms with Gasteiger partial charge in [0.05, 0.1) is 0 Å². The Morgan fingerprint density at radius 1 is 0.338 bits per heavy atom. The zero-order valence-corrected chi connectivity index (χ0v) is 43.0. The third-order valence-corrected chi connectivity index (χ3v) is 12.1. The fraction of sp³-hybridized carbons (Fsp3) is 0.780. The van der Waals surface area contributed by atoms with Gasteiger partial charge in [-0.25, -0.2) is 0 Å². The Kier molecular flexibility index (Phi) is 51.3. The zero-order valence-electron chi connectivity index (χ0n) is 43.0. The summed E-state index contributed by atoms with van der Waals surface area (Å²) in [7, 11) is 0. The van der Waals surface area contributed by atoms with E-state index in [1.54, 1.807) is 0 Å². The van der Waals surface area contributed by atoms with Crippen molar-refractivity contribution in [2.45, 2.75) is 284 Å². The van der Waals surface area contributed by atoms with Crippen LogP contribution in [0.4, 0.5) is 0 Å². The van der Waals surface area contributed by atoms with Crippen LogP contribution < -0.4 is 0 Å². The van der Waals surface area contributed by atoms with Gasteiger partial charge in [0, 0.05) is 19.3 Å². The zero-order chi connectivity index (χ0) is 47.2. The van der Waals surface area contributed by atoms with Crippen LogP contribution in [0.1, 0.15) is 278 Å². The minimum absolute atomic E-state index is 0.0831. The number of unbranched alkanes of at least 4 members (excludes halogenated alkanes) is 31. The molecule has 0 saturated heterocycles. The van der Waals surface area contributed by atoms with Gasteiger partial charge in [-0.05, 0) is 70.6 Å². The van der Waals surface area contributed by atoms with Gasteiger partial charge in [-0.1, -0.05) is 248 Å². The molecular formula is C59H104O6. The Labute approximate surface area is 402 Å². The first-order chi connectivity index (χ1) is 32.0. The van der Waals surface area contributed by atoms with Crippen LogP contribution in [0.25, 0.3) is 0 Å². The van der Waals surface area contributed by atoms with E-state index in [1.807, 2.05) is 0 Å². The first kappa shape index (κ1) is 62.1. The van der Waals surface area contributed by atoms with E-state index in [0.29, 0.717) is 19.3 Å². The van der Waals surface area contributed by atoms with E-state index in [9.17, 15) is 14.4 Å². The first-order valence-electron chi connectivity index (χ1n) is 27.8. The summed E-state index contributed by atoms with van der Waals surface area (Å²) in [4.78, 5) is 38.1. The molecule has 0 spiro atoms. The van der Waals surface area contributed by atoms with E-state index in [0.717, 1.165) is 96.3 Å². The van der Waals surface area contributed by atoms with Gasteiger partial charge in [-0.15, -0.1) is 0 Å². The molecule has 0 radical (unpaired) electrons. The second-order valence-corrected chi connectivity index (χ2v) is 18.5. The molecule has 0 bridgehead atoms. The largest absolute Gasteiger partial charge is 0.462 e. The van der Waals surface area contributed by atoms with E-state index in [2.05, 4.69) is 81.5 Å². The molecule has 1 atom stereocenters. The van der Waals surface area contributed by atoms with Crippen molar-refractivity contribution in [2.75, 3.05) is 13.2 Å². The molecule has 0 fully saturated rings. The summed E-state index contributed by atoms with van der Waals surface area (Å²) < 4.78 is 16.8. The number of hydrogen-bond acceptors (Lipinski definition) is 6. The van der Waals surface area contributed by atoms with Crippen LogP contribution in [0.5, 0.6) is 0 Å². The highest BCUT2D eigenvalue weighted by Crippen LogP contribution is 2.16. The lowest BCUT2D eigenvalue weighted by atomic mass is 10.0. The SMILES string of the molecule is CC/C=C/C=C/C=C/CCCCCCCC(=O)OCC(COC(=O)CCCCCCCCC/C=C/C/C=C/CCCCC)OC(=O)CCCCCCCCCCCCCCCCCCC. The van der Waals surface area contributed by atoms with E-state index < -0.39 is 6.10 Å². The smallest absolute Gasteiger partial charge is 0.306 e. The molecule has 0 heterocycles. The topological polar surface area (TPSA) is 78.9 Å². The molecule has 376 valence electrons. The van der Waals surface area contributed by atoms with E-state index >= 15 is 0 Å². The van der Waals surface area contributed by atoms with Gasteiger partial charge in [-0.3, -0.25) is 14.4 Å². The van der Waals surface area contributed by atoms with E-state index in [1.165, 1.54) is 141 Å². The molecule has 0 aliphatic carbocycles. The molecule has 0 aliphatic rings. The molecule has 6 nitrogen and oxygen atoms in total. The Hall–Kier alpha value is -2.89. The minimum atomic E-state index is -0.784. The highest BCUT2D eigenvalue weighted by atomic mass is 16.6. The summed E-state index contributed by atoms with van der Waals surface area (Å²) in [5.41, 5.74) is 0. The Morgan fingerprint density at radius 3 is 1.08 bits per heavy atom. The highest BCUT2D eigenvalue weighted by Gasteiger charge is 2.19. The summed E-state index contributed by atoms with van der Waals surface area (Å²) in [5.74, 6) is -0.900. The molecule has 0 aromatic heterocycles. The third-order valence-electron chi connectivity index (χ3n) is 12.1. The van der Waals surface area contributed by atoms with Crippen molar-refractivity contribution in [3.05, 3.63) is 60.8 Å². The minimum Gasteiger partial charge on any atom is -0.462 e. The van der Waals surface area contributed by atoms with Crippen molar-refractivity contribution < 1.29 is 28.6 Å². The van der Waals surface area contributed by atoms with Crippen LogP contribution in [0.2, 0.25) is 0 Å². The van der Waals surface area contributed by atoms with Crippen LogP contribution in [0, 0.1) is 0 Å². The molecule has 0 aromatic carbocycles. The van der Waals surface area contributed by atoms with Crippen LogP contribution >= 0.6 is 0 Å². The van der Waals surface area contributed by atoms with Gasteiger partial charge >= 0.3 is 17.9 Å². The summed E-state index contributed by atoms with van der Waals surface area (Å²) in [5, 5.41) is 0. The number of rotatable bonds is 50. The van der Waals surface area contributed by atoms with Gasteiger partial charge in [0.2, 0.25) is 0 Å². The number of carbonyl (C=O) groups excluding carboxylic acids is 3. The second-order valence-electron chi connectivity index (χ2n) is 18.5. The monoisotopic (exact) mass is 909 g/mol. The molecule has 0 aliphatic heterocycles. The Balaban J connectivity index is 4.38. The maximum absolute atomic E-state index is 12.8. The maximum Gasteiger partial charge on any atom is 0.306 e. The van der Waals surface area contributed by atoms with Gasteiger partial charge < -0.3 is 14.2 Å². The van der Waals surface area contributed by atoms with Crippen LogP contribution in [-0.4, -0.2) is 37.2 Å². The molecule has 6 heteroatoms. The molecule has 0 rings (SSSR count). The second kappa shape index (κ2) is 53.7. The molecule has 0 amide bonds. The lowest BCUT2D eigenvalue weighted by Crippen LogP contribution is -2.30. The lowest BCUT2D eigenvalue weighted by Gasteiger charge is -2.18. The number of ether oxygens (including phenoxy) is 3. The van der Waals surface area contributed by atoms with Crippen LogP contribution in [0.3, 0.4) is 0 Å². The van der Waals surface area contributed by atoms with Gasteiger partial charge in [0.15, 0.2) is 6.10 Å². The van der Waals surface area contributed by atoms with Crippen LogP contribution in [-0.2, 0) is 28.6 Å². The van der Waals surface area contributed by atoms with Crippen molar-refractivity contribution in [3.8, 4) is 0 Å². The summed E-state index contributed by atoms with van der Waals surface area (Å²) in [6.45, 7) is 6.48. The number of esters is 3. The molecule has 0 aromatic rings. The first-order valence-corrected chi connectivity index (χ1v) is 27.8. The van der Waals surface area contributed by atoms with Gasteiger partial charge in [0.1, 0.15) is 13.2 Å². The number of carbonyl (C=O) groups is 3. The predicted molar refractivity (Wildman–Crippen MR) is 279 cm³/mol. The lowest BCUT2D eigenvalue weighted by molar-refractivity contribution is -0.167. The quantitative estimate of drug-likeness (QED) is 0.0199. The average molecular weight is 909 g/mol. The Morgan fingerprint density at radius 2 is 0.662 bits per heavy atom. The highest BCUT2D eigenvalue weighted by molar-refractivity contribution is 5.71. The standard InChI is InChI=1S/C59H104O6/c1-4-7-10-13-16-19-22-25-27-29-31-34-37-40-43-46-49-52-58(61)64-55-56(54-63-57(60)51-48-45-42-39-36-33-24-21-18-15-12-9-6-3)65-59(62)53-50-47-44-41-38-35-32-30-28-26-23-20-17-14-11-8-5-2/h9,12,15-16,18-19,21,24-25,27,56H,4-8,10-11,13-14,17,20,22-23,26,28-55H2,1-3H3/b12-9+,18-15+,19-16+,24-21+,27-25+. The fourth-order valence-corrected chi connectivity index (χ4v) is 7.89. The Bertz CT molecular complexity index is 1180. The van der Waals surface area contributed by atoms with Crippen molar-refractivity contribution in [2.24, 2.45) is 0 Å². The molecular weight excluding hydrogens is 805 g/mol. The number of allylic oxidation sites excluding steroid dienone is 10. The molecule has 0 saturated carbocycles. The van der Waals surface area contributed by atoms with E-state index in [4.69, 9.17) is 14.2 Å². The van der Waals surface area contributed by atoms with Crippen molar-refractivity contribution >= 4 is 17.9 Å².